The van der Waals surface area contributed by atoms with E-state index in [9.17, 15) is 5.11 Å². The second-order valence-corrected chi connectivity index (χ2v) is 5.35. The third-order valence-electron chi connectivity index (χ3n) is 3.39. The van der Waals surface area contributed by atoms with Gasteiger partial charge in [0.25, 0.3) is 0 Å². The molecule has 0 heterocycles. The largest absolute Gasteiger partial charge is 0.503 e. The van der Waals surface area contributed by atoms with Gasteiger partial charge < -0.3 is 15.6 Å². The molecule has 1 atom stereocenters. The lowest BCUT2D eigenvalue weighted by atomic mass is 9.77. The molecule has 3 nitrogen and oxygen atoms in total. The first-order valence-electron chi connectivity index (χ1n) is 6.04. The monoisotopic (exact) mass is 335 g/mol. The fourth-order valence-electron chi connectivity index (χ4n) is 2.12. The van der Waals surface area contributed by atoms with Crippen molar-refractivity contribution in [2.45, 2.75) is 32.2 Å². The maximum Gasteiger partial charge on any atom is 0.172 e. The molecule has 2 rings (SSSR count). The zero-order chi connectivity index (χ0) is 12.4. The second-order valence-electron chi connectivity index (χ2n) is 4.50. The number of ether oxygens (including phenoxy) is 1. The van der Waals surface area contributed by atoms with Gasteiger partial charge in [-0.1, -0.05) is 6.42 Å². The lowest BCUT2D eigenvalue weighted by Crippen LogP contribution is -2.26. The van der Waals surface area contributed by atoms with Gasteiger partial charge in [0.2, 0.25) is 0 Å². The van der Waals surface area contributed by atoms with Crippen molar-refractivity contribution in [1.29, 1.82) is 0 Å². The molecule has 0 radical (unpaired) electrons. The molecule has 0 spiro atoms. The predicted molar refractivity (Wildman–Crippen MR) is 78.5 cm³/mol. The van der Waals surface area contributed by atoms with Crippen molar-refractivity contribution >= 4 is 28.3 Å². The van der Waals surface area contributed by atoms with Gasteiger partial charge in [0.05, 0.1) is 11.1 Å². The summed E-state index contributed by atoms with van der Waals surface area (Å²) in [6.07, 6.45) is 3.67. The van der Waals surface area contributed by atoms with Crippen molar-refractivity contribution in [3.05, 3.63) is 22.2 Å². The average Bonchev–Trinajstić information content (AvgIpc) is 2.22. The molecule has 1 saturated carbocycles. The Bertz CT molecular complexity index is 410. The minimum atomic E-state index is 0. The van der Waals surface area contributed by atoms with Crippen molar-refractivity contribution in [2.24, 2.45) is 11.7 Å². The van der Waals surface area contributed by atoms with Gasteiger partial charge in [-0.05, 0) is 59.3 Å². The Labute approximate surface area is 122 Å². The molecule has 0 amide bonds. The SMILES string of the molecule is CCOc1cc([C@@H](N)C2CCC2)cc(Br)c1O.Cl. The summed E-state index contributed by atoms with van der Waals surface area (Å²) in [7, 11) is 0. The molecule has 1 aromatic rings. The van der Waals surface area contributed by atoms with Crippen LogP contribution in [0.4, 0.5) is 0 Å². The number of benzene rings is 1. The molecular weight excluding hydrogens is 318 g/mol. The highest BCUT2D eigenvalue weighted by atomic mass is 79.9. The van der Waals surface area contributed by atoms with Crippen LogP contribution in [0.3, 0.4) is 0 Å². The van der Waals surface area contributed by atoms with Crippen molar-refractivity contribution in [3.8, 4) is 11.5 Å². The lowest BCUT2D eigenvalue weighted by Gasteiger charge is -2.31. The Morgan fingerprint density at radius 3 is 2.67 bits per heavy atom. The van der Waals surface area contributed by atoms with E-state index in [0.717, 1.165) is 5.56 Å². The number of phenolic OH excluding ortho intramolecular Hbond substituents is 1. The number of hydrogen-bond donors (Lipinski definition) is 2. The molecule has 18 heavy (non-hydrogen) atoms. The number of rotatable bonds is 4. The Kier molecular flexibility index (Phi) is 5.76. The van der Waals surface area contributed by atoms with E-state index in [1.165, 1.54) is 19.3 Å². The molecule has 0 saturated heterocycles. The van der Waals surface area contributed by atoms with Crippen LogP contribution in [0.1, 0.15) is 37.8 Å². The topological polar surface area (TPSA) is 55.5 Å². The van der Waals surface area contributed by atoms with E-state index in [1.807, 2.05) is 19.1 Å². The van der Waals surface area contributed by atoms with Crippen LogP contribution >= 0.6 is 28.3 Å². The predicted octanol–water partition coefficient (Wildman–Crippen LogP) is 3.78. The standard InChI is InChI=1S/C13H18BrNO2.ClH/c1-2-17-11-7-9(6-10(14)13(11)16)12(15)8-4-3-5-8;/h6-8,12,16H,2-5,15H2,1H3;1H/t12-;/m0./s1. The summed E-state index contributed by atoms with van der Waals surface area (Å²) in [5, 5.41) is 9.83. The summed E-state index contributed by atoms with van der Waals surface area (Å²) in [4.78, 5) is 0. The lowest BCUT2D eigenvalue weighted by molar-refractivity contribution is 0.263. The first-order chi connectivity index (χ1) is 8.13. The zero-order valence-electron chi connectivity index (χ0n) is 10.4. The van der Waals surface area contributed by atoms with E-state index in [1.54, 1.807) is 0 Å². The fourth-order valence-corrected chi connectivity index (χ4v) is 2.58. The van der Waals surface area contributed by atoms with E-state index in [-0.39, 0.29) is 24.2 Å². The minimum absolute atomic E-state index is 0. The second kappa shape index (κ2) is 6.64. The van der Waals surface area contributed by atoms with Crippen LogP contribution in [-0.2, 0) is 0 Å². The highest BCUT2D eigenvalue weighted by Gasteiger charge is 2.26. The maximum atomic E-state index is 9.83. The summed E-state index contributed by atoms with van der Waals surface area (Å²) < 4.78 is 6.05. The highest BCUT2D eigenvalue weighted by Crippen LogP contribution is 2.41. The molecule has 5 heteroatoms. The molecule has 1 aliphatic rings. The number of hydrogen-bond acceptors (Lipinski definition) is 3. The van der Waals surface area contributed by atoms with Crippen molar-refractivity contribution in [1.82, 2.24) is 0 Å². The summed E-state index contributed by atoms with van der Waals surface area (Å²) in [6, 6.07) is 3.79. The molecule has 1 aliphatic carbocycles. The number of aromatic hydroxyl groups is 1. The quantitative estimate of drug-likeness (QED) is 0.880. The molecule has 3 N–H and O–H groups in total. The Hall–Kier alpha value is -0.450. The normalized spacial score (nSPS) is 16.6. The Morgan fingerprint density at radius 2 is 2.17 bits per heavy atom. The molecule has 0 aliphatic heterocycles. The van der Waals surface area contributed by atoms with E-state index in [4.69, 9.17) is 10.5 Å². The minimum Gasteiger partial charge on any atom is -0.503 e. The van der Waals surface area contributed by atoms with E-state index in [0.29, 0.717) is 22.7 Å². The maximum absolute atomic E-state index is 9.83. The van der Waals surface area contributed by atoms with Crippen molar-refractivity contribution in [3.63, 3.8) is 0 Å². The zero-order valence-corrected chi connectivity index (χ0v) is 12.8. The summed E-state index contributed by atoms with van der Waals surface area (Å²) >= 11 is 3.34. The van der Waals surface area contributed by atoms with Crippen molar-refractivity contribution in [2.75, 3.05) is 6.61 Å². The number of nitrogens with two attached hydrogens (primary N) is 1. The van der Waals surface area contributed by atoms with Crippen LogP contribution in [0, 0.1) is 5.92 Å². The molecule has 0 unspecified atom stereocenters. The van der Waals surface area contributed by atoms with E-state index < -0.39 is 0 Å². The van der Waals surface area contributed by atoms with Crippen LogP contribution in [0.15, 0.2) is 16.6 Å². The van der Waals surface area contributed by atoms with Gasteiger partial charge in [-0.2, -0.15) is 0 Å². The average molecular weight is 337 g/mol. The Balaban J connectivity index is 0.00000162. The van der Waals surface area contributed by atoms with Crippen LogP contribution in [0.2, 0.25) is 0 Å². The Morgan fingerprint density at radius 1 is 1.50 bits per heavy atom. The van der Waals surface area contributed by atoms with Gasteiger partial charge in [-0.15, -0.1) is 12.4 Å². The van der Waals surface area contributed by atoms with Crippen LogP contribution in [0.25, 0.3) is 0 Å². The summed E-state index contributed by atoms with van der Waals surface area (Å²) in [5.74, 6) is 1.23. The third kappa shape index (κ3) is 3.11. The molecule has 1 aromatic carbocycles. The third-order valence-corrected chi connectivity index (χ3v) is 4.00. The van der Waals surface area contributed by atoms with Gasteiger partial charge in [0, 0.05) is 6.04 Å². The first-order valence-corrected chi connectivity index (χ1v) is 6.83. The summed E-state index contributed by atoms with van der Waals surface area (Å²) in [6.45, 7) is 2.42. The van der Waals surface area contributed by atoms with Crippen LogP contribution in [-0.4, -0.2) is 11.7 Å². The smallest absolute Gasteiger partial charge is 0.172 e. The fraction of sp³-hybridized carbons (Fsp3) is 0.538. The first kappa shape index (κ1) is 15.6. The number of halogens is 2. The molecule has 102 valence electrons. The van der Waals surface area contributed by atoms with Gasteiger partial charge in [0.1, 0.15) is 0 Å². The van der Waals surface area contributed by atoms with E-state index in [2.05, 4.69) is 15.9 Å². The van der Waals surface area contributed by atoms with Crippen LogP contribution in [0.5, 0.6) is 11.5 Å². The van der Waals surface area contributed by atoms with Crippen LogP contribution < -0.4 is 10.5 Å². The van der Waals surface area contributed by atoms with Gasteiger partial charge in [-0.3, -0.25) is 0 Å². The van der Waals surface area contributed by atoms with Gasteiger partial charge in [0.15, 0.2) is 11.5 Å². The van der Waals surface area contributed by atoms with Gasteiger partial charge >= 0.3 is 0 Å². The molecule has 0 bridgehead atoms. The molecule has 1 fully saturated rings. The summed E-state index contributed by atoms with van der Waals surface area (Å²) in [5.41, 5.74) is 7.26. The van der Waals surface area contributed by atoms with Crippen molar-refractivity contribution < 1.29 is 9.84 Å². The van der Waals surface area contributed by atoms with E-state index >= 15 is 0 Å². The molecule has 0 aromatic heterocycles. The molecular formula is C13H19BrClNO2. The van der Waals surface area contributed by atoms with Gasteiger partial charge in [-0.25, -0.2) is 0 Å². The number of phenols is 1. The highest BCUT2D eigenvalue weighted by molar-refractivity contribution is 9.10.